The third-order valence-corrected chi connectivity index (χ3v) is 6.26. The van der Waals surface area contributed by atoms with Crippen molar-refractivity contribution >= 4 is 5.97 Å². The summed E-state index contributed by atoms with van der Waals surface area (Å²) in [4.78, 5) is 24.4. The smallest absolute Gasteiger partial charge is 0.338 e. The van der Waals surface area contributed by atoms with Crippen LogP contribution in [0.1, 0.15) is 69.8 Å². The minimum atomic E-state index is -0.302. The first-order valence-corrected chi connectivity index (χ1v) is 10.8. The Bertz CT molecular complexity index is 1010. The summed E-state index contributed by atoms with van der Waals surface area (Å²) in [6.07, 6.45) is 6.91. The number of aromatic nitrogens is 2. The van der Waals surface area contributed by atoms with Gasteiger partial charge in [-0.1, -0.05) is 30.3 Å². The number of ether oxygens (including phenoxy) is 1. The van der Waals surface area contributed by atoms with Gasteiger partial charge in [-0.05, 0) is 68.0 Å². The zero-order valence-corrected chi connectivity index (χ0v) is 18.4. The Morgan fingerprint density at radius 3 is 2.06 bits per heavy atom. The number of carbonyl (C=O) groups excluding carboxylic acids is 1. The lowest BCUT2D eigenvalue weighted by Gasteiger charge is -2.42. The molecule has 160 valence electrons. The molecule has 0 N–H and O–H groups in total. The largest absolute Gasteiger partial charge is 0.465 e. The van der Waals surface area contributed by atoms with Crippen LogP contribution in [0.25, 0.3) is 0 Å². The first kappa shape index (κ1) is 21.2. The van der Waals surface area contributed by atoms with Crippen molar-refractivity contribution in [3.63, 3.8) is 0 Å². The first-order chi connectivity index (χ1) is 15.1. The van der Waals surface area contributed by atoms with Crippen LogP contribution in [-0.2, 0) is 11.3 Å². The average Bonchev–Trinajstić information content (AvgIpc) is 2.80. The fourth-order valence-corrected chi connectivity index (χ4v) is 4.72. The summed E-state index contributed by atoms with van der Waals surface area (Å²) >= 11 is 0. The molecule has 0 bridgehead atoms. The summed E-state index contributed by atoms with van der Waals surface area (Å²) in [6, 6.07) is 16.3. The number of likely N-dealkylation sites (tertiary alicyclic amines) is 1. The maximum absolute atomic E-state index is 12.4. The topological polar surface area (TPSA) is 55.3 Å². The van der Waals surface area contributed by atoms with Gasteiger partial charge in [0.1, 0.15) is 0 Å². The molecule has 1 aliphatic rings. The lowest BCUT2D eigenvalue weighted by molar-refractivity contribution is 0.0574. The quantitative estimate of drug-likeness (QED) is 0.526. The summed E-state index contributed by atoms with van der Waals surface area (Å²) in [7, 11) is 1.43. The van der Waals surface area contributed by atoms with E-state index in [4.69, 9.17) is 14.7 Å². The van der Waals surface area contributed by atoms with E-state index in [1.807, 2.05) is 48.8 Å². The van der Waals surface area contributed by atoms with E-state index >= 15 is 0 Å². The van der Waals surface area contributed by atoms with E-state index in [-0.39, 0.29) is 18.1 Å². The van der Waals surface area contributed by atoms with E-state index in [0.717, 1.165) is 36.2 Å². The van der Waals surface area contributed by atoms with Crippen molar-refractivity contribution in [2.24, 2.45) is 0 Å². The van der Waals surface area contributed by atoms with Gasteiger partial charge in [0, 0.05) is 18.9 Å². The number of rotatable bonds is 5. The van der Waals surface area contributed by atoms with Crippen molar-refractivity contribution in [2.75, 3.05) is 7.11 Å². The van der Waals surface area contributed by atoms with E-state index in [0.29, 0.717) is 12.1 Å². The molecule has 0 saturated carbocycles. The highest BCUT2D eigenvalue weighted by Crippen LogP contribution is 2.43. The van der Waals surface area contributed by atoms with Gasteiger partial charge in [-0.3, -0.25) is 14.9 Å². The van der Waals surface area contributed by atoms with Crippen LogP contribution in [0.4, 0.5) is 0 Å². The molecule has 5 heteroatoms. The number of esters is 1. The maximum Gasteiger partial charge on any atom is 0.338 e. The Morgan fingerprint density at radius 2 is 1.52 bits per heavy atom. The molecule has 4 rings (SSSR count). The third kappa shape index (κ3) is 4.37. The van der Waals surface area contributed by atoms with E-state index in [1.165, 1.54) is 18.2 Å². The molecule has 0 amide bonds. The van der Waals surface area contributed by atoms with Crippen LogP contribution in [0.3, 0.4) is 0 Å². The van der Waals surface area contributed by atoms with Gasteiger partial charge < -0.3 is 4.74 Å². The number of aryl methyl sites for hydroxylation is 2. The van der Waals surface area contributed by atoms with Crippen LogP contribution in [0, 0.1) is 13.8 Å². The van der Waals surface area contributed by atoms with Crippen molar-refractivity contribution in [2.45, 2.75) is 51.7 Å². The van der Waals surface area contributed by atoms with E-state index in [9.17, 15) is 4.79 Å². The molecule has 0 aliphatic carbocycles. The number of benzene rings is 1. The zero-order chi connectivity index (χ0) is 21.8. The minimum Gasteiger partial charge on any atom is -0.465 e. The molecule has 5 nitrogen and oxygen atoms in total. The van der Waals surface area contributed by atoms with Crippen LogP contribution in [0.5, 0.6) is 0 Å². The van der Waals surface area contributed by atoms with Crippen molar-refractivity contribution in [1.82, 2.24) is 14.9 Å². The number of hydrogen-bond donors (Lipinski definition) is 0. The van der Waals surface area contributed by atoms with Crippen LogP contribution in [0.15, 0.2) is 60.9 Å². The lowest BCUT2D eigenvalue weighted by Crippen LogP contribution is -2.37. The Morgan fingerprint density at radius 1 is 0.935 bits per heavy atom. The average molecular weight is 416 g/mol. The van der Waals surface area contributed by atoms with Crippen molar-refractivity contribution in [3.8, 4) is 0 Å². The minimum absolute atomic E-state index is 0.159. The van der Waals surface area contributed by atoms with Gasteiger partial charge in [0.25, 0.3) is 0 Å². The number of methoxy groups -OCH3 is 1. The normalized spacial score (nSPS) is 19.2. The van der Waals surface area contributed by atoms with Crippen LogP contribution >= 0.6 is 0 Å². The standard InChI is InChI=1S/C26H29N3O2/c1-18-9-7-15-27-24(18)22-13-6-14-23(25-19(2)10-8-16-28-25)29(22)17-20-11-4-5-12-21(20)26(30)31-3/h4-5,7-12,15-16,22-23H,6,13-14,17H2,1-3H3/t22-,23+. The van der Waals surface area contributed by atoms with Gasteiger partial charge in [0.15, 0.2) is 0 Å². The molecular formula is C26H29N3O2. The van der Waals surface area contributed by atoms with E-state index < -0.39 is 0 Å². The van der Waals surface area contributed by atoms with Gasteiger partial charge in [-0.15, -0.1) is 0 Å². The SMILES string of the molecule is COC(=O)c1ccccc1CN1[C@@H](c2ncccc2C)CCC[C@H]1c1ncccc1C. The van der Waals surface area contributed by atoms with E-state index in [1.54, 1.807) is 0 Å². The molecule has 2 aromatic heterocycles. The van der Waals surface area contributed by atoms with Gasteiger partial charge in [0.05, 0.1) is 36.1 Å². The Hall–Kier alpha value is -3.05. The van der Waals surface area contributed by atoms with Crippen LogP contribution < -0.4 is 0 Å². The molecule has 3 heterocycles. The molecular weight excluding hydrogens is 386 g/mol. The van der Waals surface area contributed by atoms with Gasteiger partial charge >= 0.3 is 5.97 Å². The Balaban J connectivity index is 1.80. The predicted octanol–water partition coefficient (Wildman–Crippen LogP) is 5.35. The third-order valence-electron chi connectivity index (χ3n) is 6.26. The fourth-order valence-electron chi connectivity index (χ4n) is 4.72. The van der Waals surface area contributed by atoms with Crippen LogP contribution in [-0.4, -0.2) is 27.9 Å². The van der Waals surface area contributed by atoms with E-state index in [2.05, 4.69) is 30.9 Å². The van der Waals surface area contributed by atoms with Crippen molar-refractivity contribution < 1.29 is 9.53 Å². The molecule has 0 spiro atoms. The molecule has 3 aromatic rings. The second-order valence-electron chi connectivity index (χ2n) is 8.19. The monoisotopic (exact) mass is 415 g/mol. The molecule has 1 saturated heterocycles. The molecule has 2 atom stereocenters. The molecule has 0 radical (unpaired) electrons. The summed E-state index contributed by atoms with van der Waals surface area (Å²) in [5, 5.41) is 0. The molecule has 31 heavy (non-hydrogen) atoms. The number of carbonyl (C=O) groups is 1. The molecule has 0 unspecified atom stereocenters. The predicted molar refractivity (Wildman–Crippen MR) is 121 cm³/mol. The van der Waals surface area contributed by atoms with Gasteiger partial charge in [0.2, 0.25) is 0 Å². The highest BCUT2D eigenvalue weighted by atomic mass is 16.5. The number of hydrogen-bond acceptors (Lipinski definition) is 5. The second kappa shape index (κ2) is 9.40. The number of pyridine rings is 2. The zero-order valence-electron chi connectivity index (χ0n) is 18.4. The fraction of sp³-hybridized carbons (Fsp3) is 0.346. The van der Waals surface area contributed by atoms with Gasteiger partial charge in [-0.25, -0.2) is 4.79 Å². The Kier molecular flexibility index (Phi) is 6.42. The lowest BCUT2D eigenvalue weighted by atomic mass is 9.88. The van der Waals surface area contributed by atoms with Crippen molar-refractivity contribution in [1.29, 1.82) is 0 Å². The summed E-state index contributed by atoms with van der Waals surface area (Å²) < 4.78 is 5.05. The number of nitrogens with zero attached hydrogens (tertiary/aromatic N) is 3. The maximum atomic E-state index is 12.4. The highest BCUT2D eigenvalue weighted by molar-refractivity contribution is 5.90. The Labute approximate surface area is 184 Å². The van der Waals surface area contributed by atoms with Crippen molar-refractivity contribution in [3.05, 3.63) is 94.6 Å². The highest BCUT2D eigenvalue weighted by Gasteiger charge is 2.35. The molecule has 1 fully saturated rings. The summed E-state index contributed by atoms with van der Waals surface area (Å²) in [5.74, 6) is -0.302. The first-order valence-electron chi connectivity index (χ1n) is 10.8. The number of piperidine rings is 1. The van der Waals surface area contributed by atoms with Gasteiger partial charge in [-0.2, -0.15) is 0 Å². The summed E-state index contributed by atoms with van der Waals surface area (Å²) in [5.41, 5.74) is 6.18. The molecule has 1 aliphatic heterocycles. The summed E-state index contributed by atoms with van der Waals surface area (Å²) in [6.45, 7) is 4.88. The molecule has 1 aromatic carbocycles. The second-order valence-corrected chi connectivity index (χ2v) is 8.19. The van der Waals surface area contributed by atoms with Crippen LogP contribution in [0.2, 0.25) is 0 Å².